The first kappa shape index (κ1) is 19.8. The zero-order valence-corrected chi connectivity index (χ0v) is 18.0. The highest BCUT2D eigenvalue weighted by atomic mass is 35.5. The number of rotatable bonds is 4. The molecule has 0 saturated carbocycles. The Balaban J connectivity index is 2.06. The van der Waals surface area contributed by atoms with Gasteiger partial charge in [-0.2, -0.15) is 0 Å². The van der Waals surface area contributed by atoms with Gasteiger partial charge in [-0.05, 0) is 43.5 Å². The van der Waals surface area contributed by atoms with Crippen molar-refractivity contribution in [1.29, 1.82) is 0 Å². The van der Waals surface area contributed by atoms with Crippen LogP contribution in [0.2, 0.25) is 15.1 Å². The Bertz CT molecular complexity index is 1050. The van der Waals surface area contributed by atoms with Crippen LogP contribution in [0.5, 0.6) is 0 Å². The summed E-state index contributed by atoms with van der Waals surface area (Å²) in [6, 6.07) is 7.45. The number of aliphatic hydroxyl groups is 1. The Morgan fingerprint density at radius 2 is 2.00 bits per heavy atom. The lowest BCUT2D eigenvalue weighted by Crippen LogP contribution is -2.19. The molecule has 2 atom stereocenters. The highest BCUT2D eigenvalue weighted by Gasteiger charge is 2.27. The van der Waals surface area contributed by atoms with Crippen molar-refractivity contribution in [3.63, 3.8) is 0 Å². The van der Waals surface area contributed by atoms with Crippen LogP contribution in [-0.4, -0.2) is 27.3 Å². The molecule has 7 heteroatoms. The summed E-state index contributed by atoms with van der Waals surface area (Å²) in [4.78, 5) is 4.79. The summed E-state index contributed by atoms with van der Waals surface area (Å²) in [5, 5.41) is 15.5. The van der Waals surface area contributed by atoms with E-state index in [0.717, 1.165) is 59.6 Å². The average Bonchev–Trinajstić information content (AvgIpc) is 3.04. The second kappa shape index (κ2) is 7.75. The quantitative estimate of drug-likeness (QED) is 0.499. The number of benzene rings is 2. The molecule has 1 aliphatic rings. The summed E-state index contributed by atoms with van der Waals surface area (Å²) in [6.45, 7) is 5.67. The minimum absolute atomic E-state index is 0.0349. The van der Waals surface area contributed by atoms with Gasteiger partial charge in [0.15, 0.2) is 0 Å². The Labute approximate surface area is 179 Å². The van der Waals surface area contributed by atoms with Crippen LogP contribution < -0.4 is 5.32 Å². The number of aromatic nitrogens is 2. The van der Waals surface area contributed by atoms with Crippen molar-refractivity contribution in [2.75, 3.05) is 11.9 Å². The van der Waals surface area contributed by atoms with E-state index in [-0.39, 0.29) is 5.92 Å². The fourth-order valence-electron chi connectivity index (χ4n) is 4.11. The number of hydrogen-bond acceptors (Lipinski definition) is 3. The maximum absolute atomic E-state index is 10.5. The van der Waals surface area contributed by atoms with E-state index in [1.54, 1.807) is 12.1 Å². The Kier molecular flexibility index (Phi) is 5.49. The Morgan fingerprint density at radius 3 is 2.68 bits per heavy atom. The fraction of sp³-hybridized carbons (Fsp3) is 0.381. The highest BCUT2D eigenvalue weighted by Crippen LogP contribution is 2.44. The van der Waals surface area contributed by atoms with Crippen molar-refractivity contribution < 1.29 is 5.11 Å². The largest absolute Gasteiger partial charge is 0.393 e. The van der Waals surface area contributed by atoms with Gasteiger partial charge >= 0.3 is 0 Å². The molecule has 0 aliphatic carbocycles. The molecule has 4 nitrogen and oxygen atoms in total. The smallest absolute Gasteiger partial charge is 0.203 e. The van der Waals surface area contributed by atoms with Gasteiger partial charge in [-0.15, -0.1) is 0 Å². The standard InChI is InChI=1S/C21H22Cl3N3O/c1-3-13(11(2)28)16-10-15(14-6-5-12(22)9-17(14)23)18(24)19-20(16)27-8-4-7-25-21(27)26-19/h5-6,9-11,13,28H,3-4,7-8H2,1-2H3,(H,25,26). The first-order valence-corrected chi connectivity index (χ1v) is 10.7. The number of nitrogens with zero attached hydrogens (tertiary/aromatic N) is 2. The summed E-state index contributed by atoms with van der Waals surface area (Å²) in [6.07, 6.45) is 1.33. The molecule has 148 valence electrons. The molecule has 4 rings (SSSR count). The molecule has 1 aromatic heterocycles. The predicted molar refractivity (Wildman–Crippen MR) is 118 cm³/mol. The van der Waals surface area contributed by atoms with Crippen molar-refractivity contribution in [3.05, 3.63) is 44.9 Å². The maximum atomic E-state index is 10.5. The van der Waals surface area contributed by atoms with Crippen molar-refractivity contribution in [3.8, 4) is 11.1 Å². The number of halogens is 3. The summed E-state index contributed by atoms with van der Waals surface area (Å²) in [5.74, 6) is 0.788. The first-order valence-electron chi connectivity index (χ1n) is 9.52. The molecule has 0 radical (unpaired) electrons. The number of aliphatic hydroxyl groups excluding tert-OH is 1. The van der Waals surface area contributed by atoms with Gasteiger partial charge < -0.3 is 15.0 Å². The molecule has 0 bridgehead atoms. The molecule has 0 saturated heterocycles. The molecule has 2 heterocycles. The van der Waals surface area contributed by atoms with Crippen molar-refractivity contribution in [2.24, 2.45) is 0 Å². The Hall–Kier alpha value is -1.46. The van der Waals surface area contributed by atoms with Crippen LogP contribution in [0.15, 0.2) is 24.3 Å². The summed E-state index contributed by atoms with van der Waals surface area (Å²) >= 11 is 19.4. The van der Waals surface area contributed by atoms with Gasteiger partial charge in [-0.25, -0.2) is 4.98 Å². The van der Waals surface area contributed by atoms with Crippen LogP contribution in [0.4, 0.5) is 5.95 Å². The van der Waals surface area contributed by atoms with E-state index in [1.807, 2.05) is 13.0 Å². The van der Waals surface area contributed by atoms with Crippen LogP contribution in [0.25, 0.3) is 22.2 Å². The van der Waals surface area contributed by atoms with Crippen molar-refractivity contribution in [2.45, 2.75) is 45.3 Å². The van der Waals surface area contributed by atoms with Crippen molar-refractivity contribution >= 4 is 51.8 Å². The van der Waals surface area contributed by atoms with Crippen LogP contribution in [0, 0.1) is 0 Å². The number of aryl methyl sites for hydroxylation is 1. The summed E-state index contributed by atoms with van der Waals surface area (Å²) in [7, 11) is 0. The second-order valence-corrected chi connectivity index (χ2v) is 8.49. The normalized spacial score (nSPS) is 15.9. The van der Waals surface area contributed by atoms with E-state index < -0.39 is 6.10 Å². The maximum Gasteiger partial charge on any atom is 0.203 e. The number of fused-ring (bicyclic) bond motifs is 3. The number of hydrogen-bond donors (Lipinski definition) is 2. The lowest BCUT2D eigenvalue weighted by molar-refractivity contribution is 0.160. The van der Waals surface area contributed by atoms with Crippen molar-refractivity contribution in [1.82, 2.24) is 9.55 Å². The average molecular weight is 439 g/mol. The fourth-order valence-corrected chi connectivity index (χ4v) is 4.91. The van der Waals surface area contributed by atoms with Gasteiger partial charge in [0.05, 0.1) is 16.6 Å². The lowest BCUT2D eigenvalue weighted by Gasteiger charge is -2.24. The molecule has 0 fully saturated rings. The molecule has 0 amide bonds. The third-order valence-corrected chi connectivity index (χ3v) is 6.40. The zero-order valence-electron chi connectivity index (χ0n) is 15.8. The molecule has 2 N–H and O–H groups in total. The van der Waals surface area contributed by atoms with Crippen LogP contribution in [0.3, 0.4) is 0 Å². The van der Waals surface area contributed by atoms with Gasteiger partial charge in [-0.1, -0.05) is 47.8 Å². The molecule has 2 aromatic carbocycles. The minimum Gasteiger partial charge on any atom is -0.393 e. The first-order chi connectivity index (χ1) is 13.4. The van der Waals surface area contributed by atoms with E-state index in [9.17, 15) is 5.11 Å². The number of anilines is 1. The van der Waals surface area contributed by atoms with Gasteiger partial charge in [-0.3, -0.25) is 0 Å². The molecule has 3 aromatic rings. The molecular weight excluding hydrogens is 417 g/mol. The van der Waals surface area contributed by atoms with E-state index in [1.165, 1.54) is 0 Å². The third kappa shape index (κ3) is 3.26. The van der Waals surface area contributed by atoms with Gasteiger partial charge in [0.2, 0.25) is 5.95 Å². The van der Waals surface area contributed by atoms with Gasteiger partial charge in [0.1, 0.15) is 5.52 Å². The summed E-state index contributed by atoms with van der Waals surface area (Å²) < 4.78 is 2.18. The van der Waals surface area contributed by atoms with Crippen LogP contribution >= 0.6 is 34.8 Å². The van der Waals surface area contributed by atoms with E-state index in [4.69, 9.17) is 39.8 Å². The van der Waals surface area contributed by atoms with E-state index in [2.05, 4.69) is 22.9 Å². The molecule has 1 aliphatic heterocycles. The summed E-state index contributed by atoms with van der Waals surface area (Å²) in [5.41, 5.74) is 4.39. The third-order valence-electron chi connectivity index (χ3n) is 5.47. The molecular formula is C21H22Cl3N3O. The second-order valence-electron chi connectivity index (χ2n) is 7.27. The highest BCUT2D eigenvalue weighted by molar-refractivity contribution is 6.40. The minimum atomic E-state index is -0.495. The van der Waals surface area contributed by atoms with E-state index >= 15 is 0 Å². The number of imidazole rings is 1. The monoisotopic (exact) mass is 437 g/mol. The van der Waals surface area contributed by atoms with Gasteiger partial charge in [0, 0.05) is 40.2 Å². The van der Waals surface area contributed by atoms with Gasteiger partial charge in [0.25, 0.3) is 0 Å². The lowest BCUT2D eigenvalue weighted by atomic mass is 9.88. The Morgan fingerprint density at radius 1 is 1.21 bits per heavy atom. The SMILES string of the molecule is CCC(c1cc(-c2ccc(Cl)cc2Cl)c(Cl)c2nc3n(c12)CCCN3)C(C)O. The molecule has 0 spiro atoms. The predicted octanol–water partition coefficient (Wildman–Crippen LogP) is 6.35. The van der Waals surface area contributed by atoms with Crippen LogP contribution in [-0.2, 0) is 6.54 Å². The topological polar surface area (TPSA) is 50.1 Å². The van der Waals surface area contributed by atoms with Crippen LogP contribution in [0.1, 0.15) is 38.2 Å². The van der Waals surface area contributed by atoms with E-state index in [0.29, 0.717) is 15.1 Å². The molecule has 28 heavy (non-hydrogen) atoms. The molecule has 2 unspecified atom stereocenters. The number of nitrogens with one attached hydrogen (secondary N) is 1. The zero-order chi connectivity index (χ0) is 20.0.